The topological polar surface area (TPSA) is 116 Å². The molecule has 0 unspecified atom stereocenters. The highest BCUT2D eigenvalue weighted by atomic mass is 16.3. The minimum atomic E-state index is -1.13. The second-order valence-electron chi connectivity index (χ2n) is 9.82. The second kappa shape index (κ2) is 10.6. The number of carbonyl (C=O) groups excluding carboxylic acids is 3. The summed E-state index contributed by atoms with van der Waals surface area (Å²) < 4.78 is 0. The molecular weight excluding hydrogens is 432 g/mol. The highest BCUT2D eigenvalue weighted by molar-refractivity contribution is 6.21. The summed E-state index contributed by atoms with van der Waals surface area (Å²) in [5.41, 5.74) is -0.267. The number of fused-ring (bicyclic) bond motifs is 4. The molecule has 0 aromatic heterocycles. The van der Waals surface area contributed by atoms with E-state index in [9.17, 15) is 24.6 Å². The number of aliphatic hydroxyl groups is 2. The van der Waals surface area contributed by atoms with E-state index >= 15 is 0 Å². The zero-order chi connectivity index (χ0) is 24.2. The van der Waals surface area contributed by atoms with Crippen LogP contribution < -0.4 is 10.6 Å². The lowest BCUT2D eigenvalue weighted by atomic mass is 9.85. The van der Waals surface area contributed by atoms with Crippen molar-refractivity contribution in [3.05, 3.63) is 59.9 Å². The molecule has 1 saturated carbocycles. The fourth-order valence-electron chi connectivity index (χ4n) is 5.84. The fourth-order valence-corrected chi connectivity index (χ4v) is 5.84. The summed E-state index contributed by atoms with van der Waals surface area (Å²) in [5, 5.41) is 26.0. The van der Waals surface area contributed by atoms with Crippen molar-refractivity contribution in [1.29, 1.82) is 0 Å². The SMILES string of the molecule is C[C@H]1C=C[C@@H]2[C@H]3C/C=C\C=C/C(=O)NCC[C@H](O)[C@@H]4NC(=O)C(=C4O)C(=O)CC/C=C\[C@@H]3C[C@@H]21. The number of Topliss-reactive ketones (excluding diaryl/α,β-unsaturated/α-hetero) is 1. The molecule has 182 valence electrons. The molecule has 2 aliphatic heterocycles. The predicted octanol–water partition coefficient (Wildman–Crippen LogP) is 2.66. The Morgan fingerprint density at radius 1 is 1.03 bits per heavy atom. The van der Waals surface area contributed by atoms with Gasteiger partial charge in [0.1, 0.15) is 17.4 Å². The first kappa shape index (κ1) is 24.2. The third kappa shape index (κ3) is 5.09. The van der Waals surface area contributed by atoms with Gasteiger partial charge < -0.3 is 20.8 Å². The molecule has 34 heavy (non-hydrogen) atoms. The van der Waals surface area contributed by atoms with Gasteiger partial charge in [-0.1, -0.05) is 49.5 Å². The summed E-state index contributed by atoms with van der Waals surface area (Å²) >= 11 is 0. The van der Waals surface area contributed by atoms with Gasteiger partial charge in [0.2, 0.25) is 5.91 Å². The van der Waals surface area contributed by atoms with Crippen LogP contribution >= 0.6 is 0 Å². The van der Waals surface area contributed by atoms with Gasteiger partial charge in [0, 0.05) is 19.0 Å². The van der Waals surface area contributed by atoms with Gasteiger partial charge in [0.25, 0.3) is 5.91 Å². The summed E-state index contributed by atoms with van der Waals surface area (Å²) in [6.07, 6.45) is 17.7. The average molecular weight is 467 g/mol. The van der Waals surface area contributed by atoms with Crippen molar-refractivity contribution < 1.29 is 24.6 Å². The Hall–Kier alpha value is -2.93. The molecule has 0 spiro atoms. The number of nitrogens with one attached hydrogen (secondary N) is 2. The molecule has 2 amide bonds. The molecular formula is C27H34N2O5. The first-order chi connectivity index (χ1) is 16.4. The van der Waals surface area contributed by atoms with E-state index < -0.39 is 29.6 Å². The van der Waals surface area contributed by atoms with Crippen molar-refractivity contribution in [1.82, 2.24) is 10.6 Å². The number of aliphatic hydroxyl groups excluding tert-OH is 2. The highest BCUT2D eigenvalue weighted by Crippen LogP contribution is 2.51. The molecule has 0 radical (unpaired) electrons. The Bertz CT molecular complexity index is 976. The van der Waals surface area contributed by atoms with Crippen LogP contribution in [0.5, 0.6) is 0 Å². The molecule has 0 aromatic rings. The van der Waals surface area contributed by atoms with Crippen LogP contribution in [0.15, 0.2) is 59.9 Å². The van der Waals surface area contributed by atoms with Crippen LogP contribution in [0.1, 0.15) is 39.0 Å². The number of hydrogen-bond donors (Lipinski definition) is 4. The summed E-state index contributed by atoms with van der Waals surface area (Å²) in [6, 6.07) is -1.04. The third-order valence-electron chi connectivity index (χ3n) is 7.69. The van der Waals surface area contributed by atoms with Crippen LogP contribution in [-0.4, -0.2) is 46.5 Å². The minimum Gasteiger partial charge on any atom is -0.509 e. The lowest BCUT2D eigenvalue weighted by Crippen LogP contribution is -2.41. The zero-order valence-electron chi connectivity index (χ0n) is 19.5. The van der Waals surface area contributed by atoms with Crippen LogP contribution in [0.2, 0.25) is 0 Å². The lowest BCUT2D eigenvalue weighted by Gasteiger charge is -2.20. The smallest absolute Gasteiger partial charge is 0.259 e. The van der Waals surface area contributed by atoms with Gasteiger partial charge in [-0.25, -0.2) is 0 Å². The molecule has 0 saturated heterocycles. The van der Waals surface area contributed by atoms with Crippen molar-refractivity contribution in [3.63, 3.8) is 0 Å². The molecule has 1 fully saturated rings. The predicted molar refractivity (Wildman–Crippen MR) is 128 cm³/mol. The molecule has 4 aliphatic rings. The summed E-state index contributed by atoms with van der Waals surface area (Å²) in [5.74, 6) is 0.810. The maximum Gasteiger partial charge on any atom is 0.259 e. The van der Waals surface area contributed by atoms with E-state index in [4.69, 9.17) is 0 Å². The maximum atomic E-state index is 12.7. The molecule has 4 N–H and O–H groups in total. The van der Waals surface area contributed by atoms with Crippen molar-refractivity contribution in [3.8, 4) is 0 Å². The van der Waals surface area contributed by atoms with E-state index in [-0.39, 0.29) is 30.9 Å². The first-order valence-electron chi connectivity index (χ1n) is 12.3. The van der Waals surface area contributed by atoms with E-state index in [2.05, 4.69) is 41.9 Å². The molecule has 2 heterocycles. The molecule has 7 nitrogen and oxygen atoms in total. The molecule has 0 aromatic carbocycles. The maximum absolute atomic E-state index is 12.7. The van der Waals surface area contributed by atoms with Crippen LogP contribution in [0.25, 0.3) is 0 Å². The molecule has 4 rings (SSSR count). The minimum absolute atomic E-state index is 0.117. The van der Waals surface area contributed by atoms with Gasteiger partial charge in [-0.05, 0) is 55.3 Å². The molecule has 7 heteroatoms. The standard InChI is InChI=1S/C27H34N2O5/c1-16-11-12-19-18-8-3-2-4-10-23(32)28-14-13-22(31)25-26(33)24(27(34)29-25)21(30)9-6-5-7-17(18)15-20(16)19/h2-5,7,10-12,16-20,22,25,31,33H,6,8-9,13-15H2,1H3,(H,28,32)(H,29,34)/b3-2-,7-5-,10-4-/t16-,17+,18-,19+,20+,22-,25-/m0/s1. The largest absolute Gasteiger partial charge is 0.509 e. The van der Waals surface area contributed by atoms with Crippen molar-refractivity contribution in [2.24, 2.45) is 29.6 Å². The molecule has 7 atom stereocenters. The number of ketones is 1. The first-order valence-corrected chi connectivity index (χ1v) is 12.3. The normalized spacial score (nSPS) is 39.7. The van der Waals surface area contributed by atoms with Crippen molar-refractivity contribution >= 4 is 17.6 Å². The van der Waals surface area contributed by atoms with Gasteiger partial charge in [-0.15, -0.1) is 0 Å². The van der Waals surface area contributed by atoms with E-state index in [1.165, 1.54) is 6.08 Å². The highest BCUT2D eigenvalue weighted by Gasteiger charge is 2.44. The van der Waals surface area contributed by atoms with Gasteiger partial charge >= 0.3 is 0 Å². The summed E-state index contributed by atoms with van der Waals surface area (Å²) in [4.78, 5) is 37.0. The van der Waals surface area contributed by atoms with Crippen molar-refractivity contribution in [2.45, 2.75) is 51.2 Å². The number of hydrogen-bond acceptors (Lipinski definition) is 5. The summed E-state index contributed by atoms with van der Waals surface area (Å²) in [7, 11) is 0. The van der Waals surface area contributed by atoms with Gasteiger partial charge in [0.15, 0.2) is 5.78 Å². The fraction of sp³-hybridized carbons (Fsp3) is 0.519. The van der Waals surface area contributed by atoms with Crippen LogP contribution in [-0.2, 0) is 14.4 Å². The monoisotopic (exact) mass is 466 g/mol. The molecule has 2 bridgehead atoms. The number of allylic oxidation sites excluding steroid dienone is 7. The average Bonchev–Trinajstić information content (AvgIpc) is 3.43. The Kier molecular flexibility index (Phi) is 7.51. The Balaban J connectivity index is 1.52. The third-order valence-corrected chi connectivity index (χ3v) is 7.69. The van der Waals surface area contributed by atoms with E-state index in [1.807, 2.05) is 12.2 Å². The van der Waals surface area contributed by atoms with E-state index in [0.29, 0.717) is 36.0 Å². The number of carbonyl (C=O) groups is 3. The lowest BCUT2D eigenvalue weighted by molar-refractivity contribution is -0.122. The number of rotatable bonds is 0. The number of amides is 2. The Morgan fingerprint density at radius 3 is 2.68 bits per heavy atom. The Labute approximate surface area is 200 Å². The van der Waals surface area contributed by atoms with Crippen LogP contribution in [0, 0.1) is 29.6 Å². The molecule has 2 aliphatic carbocycles. The quantitative estimate of drug-likeness (QED) is 0.324. The van der Waals surface area contributed by atoms with Gasteiger partial charge in [0.05, 0.1) is 6.10 Å². The van der Waals surface area contributed by atoms with Crippen LogP contribution in [0.4, 0.5) is 0 Å². The van der Waals surface area contributed by atoms with Crippen LogP contribution in [0.3, 0.4) is 0 Å². The van der Waals surface area contributed by atoms with E-state index in [0.717, 1.165) is 12.8 Å². The Morgan fingerprint density at radius 2 is 1.85 bits per heavy atom. The summed E-state index contributed by atoms with van der Waals surface area (Å²) in [6.45, 7) is 2.43. The zero-order valence-corrected chi connectivity index (χ0v) is 19.5. The second-order valence-corrected chi connectivity index (χ2v) is 9.82. The van der Waals surface area contributed by atoms with Gasteiger partial charge in [-0.2, -0.15) is 0 Å². The van der Waals surface area contributed by atoms with E-state index in [1.54, 1.807) is 6.08 Å². The van der Waals surface area contributed by atoms with Crippen molar-refractivity contribution in [2.75, 3.05) is 6.54 Å². The van der Waals surface area contributed by atoms with Gasteiger partial charge in [-0.3, -0.25) is 14.4 Å².